The van der Waals surface area contributed by atoms with Crippen LogP contribution in [0, 0.1) is 34.5 Å². The third kappa shape index (κ3) is 3.08. The summed E-state index contributed by atoms with van der Waals surface area (Å²) in [5.74, 6) is 0.919. The van der Waals surface area contributed by atoms with E-state index in [9.17, 15) is 14.4 Å². The van der Waals surface area contributed by atoms with Crippen LogP contribution in [-0.2, 0) is 23.9 Å². The Kier molecular flexibility index (Phi) is 4.99. The number of allylic oxidation sites excluding steroid dienone is 3. The van der Waals surface area contributed by atoms with Crippen LogP contribution >= 0.6 is 0 Å². The van der Waals surface area contributed by atoms with E-state index >= 15 is 0 Å². The van der Waals surface area contributed by atoms with Crippen molar-refractivity contribution in [3.63, 3.8) is 0 Å². The van der Waals surface area contributed by atoms with E-state index in [1.54, 1.807) is 6.08 Å². The van der Waals surface area contributed by atoms with Crippen LogP contribution in [0.1, 0.15) is 59.8 Å². The maximum Gasteiger partial charge on any atom is 0.302 e. The second-order valence-corrected chi connectivity index (χ2v) is 9.86. The summed E-state index contributed by atoms with van der Waals surface area (Å²) in [6.07, 6.45) is 10.6. The van der Waals surface area contributed by atoms with Crippen LogP contribution in [0.2, 0.25) is 0 Å². The highest BCUT2D eigenvalue weighted by Gasteiger charge is 2.61. The summed E-state index contributed by atoms with van der Waals surface area (Å²) in [7, 11) is 0. The van der Waals surface area contributed by atoms with Gasteiger partial charge < -0.3 is 9.47 Å². The molecule has 4 rings (SSSR count). The molecule has 0 amide bonds. The van der Waals surface area contributed by atoms with E-state index in [0.717, 1.165) is 31.3 Å². The number of rotatable bonds is 3. The minimum absolute atomic E-state index is 0.0191. The summed E-state index contributed by atoms with van der Waals surface area (Å²) in [6.45, 7) is 7.70. The highest BCUT2D eigenvalue weighted by molar-refractivity contribution is 5.92. The molecule has 7 atom stereocenters. The molecular weight excluding hydrogens is 368 g/mol. The summed E-state index contributed by atoms with van der Waals surface area (Å²) in [4.78, 5) is 35.6. The first-order valence-corrected chi connectivity index (χ1v) is 10.9. The van der Waals surface area contributed by atoms with Gasteiger partial charge in [0.05, 0.1) is 0 Å². The fourth-order valence-electron chi connectivity index (χ4n) is 7.10. The first kappa shape index (κ1) is 20.4. The fourth-order valence-corrected chi connectivity index (χ4v) is 7.10. The zero-order valence-electron chi connectivity index (χ0n) is 17.9. The van der Waals surface area contributed by atoms with E-state index in [1.165, 1.54) is 13.8 Å². The molecule has 0 aromatic heterocycles. The van der Waals surface area contributed by atoms with Gasteiger partial charge in [0.25, 0.3) is 0 Å². The van der Waals surface area contributed by atoms with Crippen molar-refractivity contribution in [3.05, 3.63) is 23.8 Å². The topological polar surface area (TPSA) is 69.7 Å². The average Bonchev–Trinajstić information content (AvgIpc) is 2.96. The summed E-state index contributed by atoms with van der Waals surface area (Å²) < 4.78 is 11.3. The van der Waals surface area contributed by atoms with E-state index in [0.29, 0.717) is 30.8 Å². The Bertz CT molecular complexity index is 795. The van der Waals surface area contributed by atoms with Crippen LogP contribution in [0.25, 0.3) is 0 Å². The zero-order chi connectivity index (χ0) is 21.0. The smallest absolute Gasteiger partial charge is 0.302 e. The lowest BCUT2D eigenvalue weighted by Gasteiger charge is -2.58. The summed E-state index contributed by atoms with van der Waals surface area (Å²) in [5, 5.41) is 0. The predicted molar refractivity (Wildman–Crippen MR) is 108 cm³/mol. The number of ether oxygens (including phenoxy) is 2. The van der Waals surface area contributed by atoms with Crippen molar-refractivity contribution in [2.45, 2.75) is 65.9 Å². The van der Waals surface area contributed by atoms with Gasteiger partial charge in [0.2, 0.25) is 0 Å². The van der Waals surface area contributed by atoms with Crippen molar-refractivity contribution in [1.29, 1.82) is 0 Å². The normalized spacial score (nSPS) is 43.0. The lowest BCUT2D eigenvalue weighted by molar-refractivity contribution is -0.158. The van der Waals surface area contributed by atoms with Crippen LogP contribution in [0.4, 0.5) is 0 Å². The Balaban J connectivity index is 1.72. The number of carbonyl (C=O) groups is 3. The molecule has 0 aliphatic heterocycles. The Morgan fingerprint density at radius 3 is 2.59 bits per heavy atom. The van der Waals surface area contributed by atoms with Crippen molar-refractivity contribution in [1.82, 2.24) is 0 Å². The van der Waals surface area contributed by atoms with E-state index in [2.05, 4.69) is 26.0 Å². The highest BCUT2D eigenvalue weighted by Crippen LogP contribution is 2.65. The largest absolute Gasteiger partial charge is 0.465 e. The Hall–Kier alpha value is -1.91. The Labute approximate surface area is 172 Å². The fraction of sp³-hybridized carbons (Fsp3) is 0.708. The quantitative estimate of drug-likeness (QED) is 0.670. The van der Waals surface area contributed by atoms with Crippen LogP contribution in [0.5, 0.6) is 0 Å². The van der Waals surface area contributed by atoms with Gasteiger partial charge in [0.15, 0.2) is 5.78 Å². The van der Waals surface area contributed by atoms with Crippen molar-refractivity contribution in [2.75, 3.05) is 6.61 Å². The van der Waals surface area contributed by atoms with Gasteiger partial charge in [-0.3, -0.25) is 14.4 Å². The van der Waals surface area contributed by atoms with Crippen molar-refractivity contribution < 1.29 is 23.9 Å². The molecule has 5 nitrogen and oxygen atoms in total. The average molecular weight is 401 g/mol. The zero-order valence-corrected chi connectivity index (χ0v) is 17.9. The molecule has 0 aromatic rings. The molecule has 0 radical (unpaired) electrons. The SMILES string of the molecule is CC(=O)OC[C@@]12C(=CC(=O)C[C@@H]1C)C=C[C@H]1[C@@H]3CC[C@H](OC(C)=O)[C@@]3(C)CC[C@@H]12. The standard InChI is InChI=1S/C24H32O5/c1-14-11-18(27)12-17-5-6-19-20-7-8-22(29-16(3)26)23(20,4)10-9-21(19)24(14,17)13-28-15(2)25/h5-6,12,14,19-22H,7-11,13H2,1-4H3/t14-,19-,20-,21-,22-,23-,24-/m0/s1. The summed E-state index contributed by atoms with van der Waals surface area (Å²) in [5.41, 5.74) is 0.705. The van der Waals surface area contributed by atoms with Gasteiger partial charge >= 0.3 is 11.9 Å². The van der Waals surface area contributed by atoms with E-state index < -0.39 is 0 Å². The molecule has 0 saturated heterocycles. The molecule has 0 aromatic carbocycles. The highest BCUT2D eigenvalue weighted by atomic mass is 16.5. The molecule has 0 unspecified atom stereocenters. The van der Waals surface area contributed by atoms with Crippen LogP contribution in [-0.4, -0.2) is 30.4 Å². The van der Waals surface area contributed by atoms with Crippen LogP contribution < -0.4 is 0 Å². The molecule has 158 valence electrons. The molecule has 4 aliphatic rings. The van der Waals surface area contributed by atoms with Gasteiger partial charge in [-0.2, -0.15) is 0 Å². The lowest BCUT2D eigenvalue weighted by Crippen LogP contribution is -2.55. The van der Waals surface area contributed by atoms with Crippen LogP contribution in [0.15, 0.2) is 23.8 Å². The van der Waals surface area contributed by atoms with Gasteiger partial charge in [-0.15, -0.1) is 0 Å². The second-order valence-electron chi connectivity index (χ2n) is 9.86. The van der Waals surface area contributed by atoms with E-state index in [-0.39, 0.29) is 40.6 Å². The minimum atomic E-state index is -0.306. The number of carbonyl (C=O) groups excluding carboxylic acids is 3. The van der Waals surface area contributed by atoms with Crippen molar-refractivity contribution in [2.24, 2.45) is 34.5 Å². The lowest BCUT2D eigenvalue weighted by atomic mass is 9.46. The van der Waals surface area contributed by atoms with E-state index in [4.69, 9.17) is 9.47 Å². The summed E-state index contributed by atoms with van der Waals surface area (Å²) in [6, 6.07) is 0. The molecule has 2 fully saturated rings. The third-order valence-corrected chi connectivity index (χ3v) is 8.47. The monoisotopic (exact) mass is 400 g/mol. The first-order chi connectivity index (χ1) is 13.7. The van der Waals surface area contributed by atoms with Gasteiger partial charge in [-0.1, -0.05) is 26.0 Å². The van der Waals surface area contributed by atoms with Crippen molar-refractivity contribution >= 4 is 17.7 Å². The third-order valence-electron chi connectivity index (χ3n) is 8.47. The molecule has 0 spiro atoms. The number of hydrogen-bond donors (Lipinski definition) is 0. The molecule has 5 heteroatoms. The Morgan fingerprint density at radius 1 is 1.14 bits per heavy atom. The minimum Gasteiger partial charge on any atom is -0.465 e. The van der Waals surface area contributed by atoms with Gasteiger partial charge in [-0.25, -0.2) is 0 Å². The maximum absolute atomic E-state index is 12.3. The second kappa shape index (κ2) is 7.10. The maximum atomic E-state index is 12.3. The molecule has 0 N–H and O–H groups in total. The van der Waals surface area contributed by atoms with Crippen LogP contribution in [0.3, 0.4) is 0 Å². The number of ketones is 1. The molecule has 4 aliphatic carbocycles. The van der Waals surface area contributed by atoms with Gasteiger partial charge in [0, 0.05) is 31.1 Å². The van der Waals surface area contributed by atoms with Gasteiger partial charge in [0.1, 0.15) is 12.7 Å². The molecule has 2 saturated carbocycles. The predicted octanol–water partition coefficient (Wildman–Crippen LogP) is 4.02. The Morgan fingerprint density at radius 2 is 1.90 bits per heavy atom. The van der Waals surface area contributed by atoms with Crippen molar-refractivity contribution in [3.8, 4) is 0 Å². The van der Waals surface area contributed by atoms with Gasteiger partial charge in [-0.05, 0) is 61.0 Å². The number of hydrogen-bond acceptors (Lipinski definition) is 5. The molecular formula is C24H32O5. The molecule has 0 heterocycles. The number of fused-ring (bicyclic) bond motifs is 5. The number of esters is 2. The first-order valence-electron chi connectivity index (χ1n) is 10.9. The van der Waals surface area contributed by atoms with E-state index in [1.807, 2.05) is 0 Å². The molecule has 0 bridgehead atoms. The molecule has 29 heavy (non-hydrogen) atoms. The summed E-state index contributed by atoms with van der Waals surface area (Å²) >= 11 is 0.